The van der Waals surface area contributed by atoms with E-state index in [0.717, 1.165) is 67.2 Å². The largest absolute Gasteiger partial charge is 0.480 e. The molecule has 5 rings (SSSR count). The summed E-state index contributed by atoms with van der Waals surface area (Å²) in [5, 5.41) is 22.5. The highest BCUT2D eigenvalue weighted by molar-refractivity contribution is 5.81. The van der Waals surface area contributed by atoms with Crippen molar-refractivity contribution in [3.63, 3.8) is 0 Å². The fourth-order valence-corrected chi connectivity index (χ4v) is 6.46. The smallest absolute Gasteiger partial charge is 0.407 e. The lowest BCUT2D eigenvalue weighted by molar-refractivity contribution is -0.139. The second-order valence-electron chi connectivity index (χ2n) is 10.8. The number of hydrogen-bond donors (Lipinski definition) is 3. The molecule has 0 saturated heterocycles. The van der Waals surface area contributed by atoms with Crippen LogP contribution in [0.4, 0.5) is 4.79 Å². The maximum Gasteiger partial charge on any atom is 0.407 e. The molecule has 6 nitrogen and oxygen atoms in total. The van der Waals surface area contributed by atoms with Gasteiger partial charge in [0.2, 0.25) is 0 Å². The van der Waals surface area contributed by atoms with Gasteiger partial charge < -0.3 is 20.3 Å². The number of rotatable bonds is 8. The highest BCUT2D eigenvalue weighted by Crippen LogP contribution is 2.44. The average Bonchev–Trinajstić information content (AvgIpc) is 3.25. The maximum atomic E-state index is 12.7. The first-order chi connectivity index (χ1) is 18.4. The summed E-state index contributed by atoms with van der Waals surface area (Å²) < 4.78 is 5.59. The van der Waals surface area contributed by atoms with Crippen LogP contribution in [0.2, 0.25) is 0 Å². The summed E-state index contributed by atoms with van der Waals surface area (Å²) >= 11 is 0. The number of nitrogens with one attached hydrogen (secondary N) is 1. The van der Waals surface area contributed by atoms with Gasteiger partial charge in [0.15, 0.2) is 0 Å². The van der Waals surface area contributed by atoms with Crippen molar-refractivity contribution in [3.05, 3.63) is 82.5 Å². The lowest BCUT2D eigenvalue weighted by Gasteiger charge is -2.30. The number of ether oxygens (including phenoxy) is 1. The van der Waals surface area contributed by atoms with E-state index in [9.17, 15) is 19.8 Å². The van der Waals surface area contributed by atoms with Crippen LogP contribution < -0.4 is 5.32 Å². The van der Waals surface area contributed by atoms with Crippen LogP contribution in [0.3, 0.4) is 0 Å². The van der Waals surface area contributed by atoms with E-state index in [4.69, 9.17) is 4.74 Å². The predicted octanol–water partition coefficient (Wildman–Crippen LogP) is 6.35. The Morgan fingerprint density at radius 2 is 1.71 bits per heavy atom. The second-order valence-corrected chi connectivity index (χ2v) is 10.8. The van der Waals surface area contributed by atoms with Crippen LogP contribution in [-0.2, 0) is 9.53 Å². The van der Waals surface area contributed by atoms with Gasteiger partial charge in [-0.05, 0) is 90.7 Å². The molecular formula is C32H37NO5. The maximum absolute atomic E-state index is 12.7. The Morgan fingerprint density at radius 1 is 1.03 bits per heavy atom. The number of aliphatic carboxylic acids is 1. The number of benzene rings is 2. The summed E-state index contributed by atoms with van der Waals surface area (Å²) in [5.41, 5.74) is 8.66. The van der Waals surface area contributed by atoms with Crippen molar-refractivity contribution in [2.75, 3.05) is 6.61 Å². The zero-order valence-electron chi connectivity index (χ0n) is 22.0. The molecule has 0 spiro atoms. The molecule has 3 aliphatic rings. The van der Waals surface area contributed by atoms with Crippen LogP contribution >= 0.6 is 0 Å². The Bertz CT molecular complexity index is 1220. The molecule has 200 valence electrons. The lowest BCUT2D eigenvalue weighted by atomic mass is 9.78. The van der Waals surface area contributed by atoms with Crippen molar-refractivity contribution in [3.8, 4) is 11.1 Å². The Hall–Kier alpha value is -3.38. The summed E-state index contributed by atoms with van der Waals surface area (Å²) in [6.07, 6.45) is 7.76. The molecule has 0 bridgehead atoms. The van der Waals surface area contributed by atoms with Crippen molar-refractivity contribution in [1.82, 2.24) is 5.32 Å². The van der Waals surface area contributed by atoms with E-state index in [-0.39, 0.29) is 24.5 Å². The van der Waals surface area contributed by atoms with Crippen molar-refractivity contribution in [2.45, 2.75) is 76.4 Å². The monoisotopic (exact) mass is 515 g/mol. The SMILES string of the molecule is CCC1=C(C2=CCC(C[C@H](NC(=O)OCC3c4ccccc4-c4ccccc43)C(=O)O)CC2)CCC(O)C1. The molecule has 2 aromatic rings. The quantitative estimate of drug-likeness (QED) is 0.381. The number of fused-ring (bicyclic) bond motifs is 3. The van der Waals surface area contributed by atoms with E-state index in [2.05, 4.69) is 42.6 Å². The minimum absolute atomic E-state index is 0.0680. The van der Waals surface area contributed by atoms with Gasteiger partial charge in [-0.1, -0.05) is 67.1 Å². The number of alkyl carbamates (subject to hydrolysis) is 1. The Morgan fingerprint density at radius 3 is 2.32 bits per heavy atom. The van der Waals surface area contributed by atoms with E-state index in [1.54, 1.807) is 0 Å². The van der Waals surface area contributed by atoms with Crippen LogP contribution in [0.25, 0.3) is 11.1 Å². The number of hydrogen-bond acceptors (Lipinski definition) is 4. The summed E-state index contributed by atoms with van der Waals surface area (Å²) in [6, 6.07) is 15.3. The van der Waals surface area contributed by atoms with E-state index in [0.29, 0.717) is 6.42 Å². The summed E-state index contributed by atoms with van der Waals surface area (Å²) in [4.78, 5) is 24.7. The zero-order chi connectivity index (χ0) is 26.6. The molecule has 6 heteroatoms. The highest BCUT2D eigenvalue weighted by Gasteiger charge is 2.31. The zero-order valence-corrected chi connectivity index (χ0v) is 22.0. The first kappa shape index (κ1) is 26.2. The van der Waals surface area contributed by atoms with Gasteiger partial charge in [0.25, 0.3) is 0 Å². The van der Waals surface area contributed by atoms with Crippen molar-refractivity contribution < 1.29 is 24.5 Å². The van der Waals surface area contributed by atoms with Gasteiger partial charge in [0, 0.05) is 5.92 Å². The molecule has 1 amide bonds. The lowest BCUT2D eigenvalue weighted by Crippen LogP contribution is -2.42. The standard InChI is InChI=1S/C32H37NO5/c1-2-21-18-23(34)15-16-24(21)22-13-11-20(12-14-22)17-30(31(35)36)33-32(37)38-19-29-27-9-5-3-7-25(27)26-8-4-6-10-28(26)29/h3-10,13,20,23,29-30,34H,2,11-12,14-19H2,1H3,(H,33,37)(H,35,36)/t20?,23?,30-/m0/s1. The second kappa shape index (κ2) is 11.6. The minimum atomic E-state index is -1.04. The number of aliphatic hydroxyl groups excluding tert-OH is 1. The van der Waals surface area contributed by atoms with E-state index in [1.807, 2.05) is 24.3 Å². The fourth-order valence-electron chi connectivity index (χ4n) is 6.46. The van der Waals surface area contributed by atoms with Crippen LogP contribution in [0, 0.1) is 5.92 Å². The summed E-state index contributed by atoms with van der Waals surface area (Å²) in [7, 11) is 0. The van der Waals surface area contributed by atoms with Gasteiger partial charge in [0.1, 0.15) is 12.6 Å². The van der Waals surface area contributed by atoms with Gasteiger partial charge >= 0.3 is 12.1 Å². The summed E-state index contributed by atoms with van der Waals surface area (Å²) in [5.74, 6) is -0.916. The molecular weight excluding hydrogens is 478 g/mol. The van der Waals surface area contributed by atoms with E-state index < -0.39 is 18.1 Å². The van der Waals surface area contributed by atoms with Gasteiger partial charge in [-0.2, -0.15) is 0 Å². The normalized spacial score (nSPS) is 21.8. The number of carboxylic acids is 1. The first-order valence-corrected chi connectivity index (χ1v) is 13.9. The highest BCUT2D eigenvalue weighted by atomic mass is 16.5. The first-order valence-electron chi connectivity index (χ1n) is 13.9. The van der Waals surface area contributed by atoms with Crippen LogP contribution in [-0.4, -0.2) is 41.0 Å². The van der Waals surface area contributed by atoms with Gasteiger partial charge in [-0.25, -0.2) is 9.59 Å². The Balaban J connectivity index is 1.18. The Kier molecular flexibility index (Phi) is 7.98. The number of amides is 1. The molecule has 0 fully saturated rings. The van der Waals surface area contributed by atoms with Gasteiger partial charge in [0.05, 0.1) is 6.10 Å². The number of allylic oxidation sites excluding steroid dienone is 3. The van der Waals surface area contributed by atoms with E-state index in [1.165, 1.54) is 16.7 Å². The molecule has 2 aromatic carbocycles. The summed E-state index contributed by atoms with van der Waals surface area (Å²) in [6.45, 7) is 2.30. The number of carboxylic acid groups (broad SMARTS) is 1. The van der Waals surface area contributed by atoms with Crippen molar-refractivity contribution in [2.24, 2.45) is 5.92 Å². The molecule has 0 saturated carbocycles. The van der Waals surface area contributed by atoms with Crippen LogP contribution in [0.15, 0.2) is 71.3 Å². The van der Waals surface area contributed by atoms with Gasteiger partial charge in [-0.3, -0.25) is 0 Å². The molecule has 0 aromatic heterocycles. The molecule has 2 unspecified atom stereocenters. The third kappa shape index (κ3) is 5.56. The van der Waals surface area contributed by atoms with Crippen LogP contribution in [0.5, 0.6) is 0 Å². The number of carbonyl (C=O) groups is 2. The molecule has 3 atom stereocenters. The third-order valence-electron chi connectivity index (χ3n) is 8.47. The molecule has 0 heterocycles. The average molecular weight is 516 g/mol. The predicted molar refractivity (Wildman–Crippen MR) is 147 cm³/mol. The Labute approximate surface area is 224 Å². The molecule has 0 aliphatic heterocycles. The third-order valence-corrected chi connectivity index (χ3v) is 8.47. The number of carbonyl (C=O) groups excluding carboxylic acids is 1. The minimum Gasteiger partial charge on any atom is -0.480 e. The van der Waals surface area contributed by atoms with Crippen molar-refractivity contribution >= 4 is 12.1 Å². The van der Waals surface area contributed by atoms with Crippen LogP contribution in [0.1, 0.15) is 75.3 Å². The van der Waals surface area contributed by atoms with E-state index >= 15 is 0 Å². The molecule has 3 aliphatic carbocycles. The van der Waals surface area contributed by atoms with Gasteiger partial charge in [-0.15, -0.1) is 0 Å². The number of aliphatic hydroxyl groups is 1. The molecule has 0 radical (unpaired) electrons. The molecule has 38 heavy (non-hydrogen) atoms. The van der Waals surface area contributed by atoms with Crippen molar-refractivity contribution in [1.29, 1.82) is 0 Å². The fraction of sp³-hybridized carbons (Fsp3) is 0.438. The topological polar surface area (TPSA) is 95.9 Å². The molecule has 3 N–H and O–H groups in total.